The van der Waals surface area contributed by atoms with E-state index in [1.807, 2.05) is 0 Å². The Morgan fingerprint density at radius 3 is 2.60 bits per heavy atom. The Bertz CT molecular complexity index is 297. The molecule has 1 unspecified atom stereocenters. The average molecular weight is 280 g/mol. The third-order valence-electron chi connectivity index (χ3n) is 5.52. The molecule has 20 heavy (non-hydrogen) atoms. The van der Waals surface area contributed by atoms with Crippen LogP contribution in [0, 0.1) is 0 Å². The fraction of sp³-hybridized carbons (Fsp3) is 1.00. The minimum absolute atomic E-state index is 0.286. The predicted octanol–water partition coefficient (Wildman–Crippen LogP) is 2.94. The van der Waals surface area contributed by atoms with E-state index in [-0.39, 0.29) is 5.60 Å². The zero-order valence-electron chi connectivity index (χ0n) is 13.2. The lowest BCUT2D eigenvalue weighted by Crippen LogP contribution is -2.38. The summed E-state index contributed by atoms with van der Waals surface area (Å²) in [5, 5.41) is 3.63. The van der Waals surface area contributed by atoms with E-state index in [0.29, 0.717) is 6.10 Å². The van der Waals surface area contributed by atoms with E-state index in [1.54, 1.807) is 0 Å². The maximum absolute atomic E-state index is 6.41. The standard InChI is InChI=1S/C17H32N2O/c1-2-19(15-6-7-15)13-12-18-14-16-8-11-17(20-16)9-4-3-5-10-17/h15-16,18H,2-14H2,1H3. The Balaban J connectivity index is 1.31. The SMILES string of the molecule is CCN(CCNCC1CCC2(CCCCC2)O1)C1CC1. The lowest BCUT2D eigenvalue weighted by Gasteiger charge is -2.33. The zero-order chi connectivity index (χ0) is 13.8. The lowest BCUT2D eigenvalue weighted by molar-refractivity contribution is -0.0623. The molecule has 116 valence electrons. The van der Waals surface area contributed by atoms with E-state index in [1.165, 1.54) is 70.9 Å². The summed E-state index contributed by atoms with van der Waals surface area (Å²) in [5.41, 5.74) is 0.286. The molecule has 0 aromatic carbocycles. The number of likely N-dealkylation sites (N-methyl/N-ethyl adjacent to an activating group) is 1. The largest absolute Gasteiger partial charge is 0.370 e. The molecule has 1 saturated heterocycles. The molecule has 2 aliphatic carbocycles. The molecule has 0 bridgehead atoms. The van der Waals surface area contributed by atoms with Crippen LogP contribution in [0.2, 0.25) is 0 Å². The molecule has 1 atom stereocenters. The van der Waals surface area contributed by atoms with E-state index in [9.17, 15) is 0 Å². The smallest absolute Gasteiger partial charge is 0.0708 e. The van der Waals surface area contributed by atoms with E-state index in [0.717, 1.165) is 19.1 Å². The molecule has 3 fully saturated rings. The van der Waals surface area contributed by atoms with E-state index in [2.05, 4.69) is 17.1 Å². The van der Waals surface area contributed by atoms with Crippen molar-refractivity contribution in [2.24, 2.45) is 0 Å². The van der Waals surface area contributed by atoms with Gasteiger partial charge in [0.2, 0.25) is 0 Å². The van der Waals surface area contributed by atoms with Crippen molar-refractivity contribution in [3.8, 4) is 0 Å². The van der Waals surface area contributed by atoms with Crippen molar-refractivity contribution in [2.45, 2.75) is 82.5 Å². The van der Waals surface area contributed by atoms with E-state index in [4.69, 9.17) is 4.74 Å². The molecule has 3 nitrogen and oxygen atoms in total. The first kappa shape index (κ1) is 14.8. The highest BCUT2D eigenvalue weighted by Gasteiger charge is 2.40. The van der Waals surface area contributed by atoms with E-state index < -0.39 is 0 Å². The number of ether oxygens (including phenoxy) is 1. The maximum Gasteiger partial charge on any atom is 0.0708 e. The summed E-state index contributed by atoms with van der Waals surface area (Å²) in [5.74, 6) is 0. The quantitative estimate of drug-likeness (QED) is 0.726. The summed E-state index contributed by atoms with van der Waals surface area (Å²) in [6.45, 7) is 6.88. The van der Waals surface area contributed by atoms with Gasteiger partial charge in [0.15, 0.2) is 0 Å². The van der Waals surface area contributed by atoms with Gasteiger partial charge in [-0.1, -0.05) is 26.2 Å². The molecule has 0 radical (unpaired) electrons. The number of nitrogens with zero attached hydrogens (tertiary/aromatic N) is 1. The van der Waals surface area contributed by atoms with Gasteiger partial charge in [0.25, 0.3) is 0 Å². The normalized spacial score (nSPS) is 29.4. The molecule has 1 heterocycles. The Hall–Kier alpha value is -0.120. The minimum Gasteiger partial charge on any atom is -0.370 e. The number of nitrogens with one attached hydrogen (secondary N) is 1. The van der Waals surface area contributed by atoms with Crippen LogP contribution in [0.5, 0.6) is 0 Å². The first-order chi connectivity index (χ1) is 9.81. The van der Waals surface area contributed by atoms with Crippen LogP contribution in [-0.4, -0.2) is 48.8 Å². The van der Waals surface area contributed by atoms with Crippen LogP contribution in [-0.2, 0) is 4.74 Å². The van der Waals surface area contributed by atoms with Crippen LogP contribution >= 0.6 is 0 Å². The highest BCUT2D eigenvalue weighted by Crippen LogP contribution is 2.41. The fourth-order valence-corrected chi connectivity index (χ4v) is 4.13. The first-order valence-corrected chi connectivity index (χ1v) is 8.94. The second kappa shape index (κ2) is 6.76. The molecular weight excluding hydrogens is 248 g/mol. The van der Waals surface area contributed by atoms with Gasteiger partial charge in [-0.2, -0.15) is 0 Å². The van der Waals surface area contributed by atoms with E-state index >= 15 is 0 Å². The predicted molar refractivity (Wildman–Crippen MR) is 83.1 cm³/mol. The van der Waals surface area contributed by atoms with Gasteiger partial charge in [-0.05, 0) is 45.1 Å². The van der Waals surface area contributed by atoms with Crippen LogP contribution in [0.1, 0.15) is 64.7 Å². The minimum atomic E-state index is 0.286. The van der Waals surface area contributed by atoms with Crippen molar-refractivity contribution in [3.05, 3.63) is 0 Å². The van der Waals surface area contributed by atoms with Gasteiger partial charge in [-0.25, -0.2) is 0 Å². The van der Waals surface area contributed by atoms with Crippen molar-refractivity contribution >= 4 is 0 Å². The van der Waals surface area contributed by atoms with Crippen molar-refractivity contribution < 1.29 is 4.74 Å². The zero-order valence-corrected chi connectivity index (χ0v) is 13.2. The second-order valence-electron chi connectivity index (χ2n) is 7.09. The Kier molecular flexibility index (Phi) is 5.00. The van der Waals surface area contributed by atoms with Gasteiger partial charge in [0.1, 0.15) is 0 Å². The van der Waals surface area contributed by atoms with Crippen LogP contribution in [0.25, 0.3) is 0 Å². The summed E-state index contributed by atoms with van der Waals surface area (Å²) in [7, 11) is 0. The molecule has 3 heteroatoms. The van der Waals surface area contributed by atoms with Gasteiger partial charge in [0.05, 0.1) is 11.7 Å². The molecule has 1 N–H and O–H groups in total. The molecule has 3 rings (SSSR count). The van der Waals surface area contributed by atoms with Crippen LogP contribution in [0.15, 0.2) is 0 Å². The summed E-state index contributed by atoms with van der Waals surface area (Å²) in [4.78, 5) is 2.62. The maximum atomic E-state index is 6.41. The fourth-order valence-electron chi connectivity index (χ4n) is 4.13. The summed E-state index contributed by atoms with van der Waals surface area (Å²) in [6.07, 6.45) is 12.7. The number of hydrogen-bond acceptors (Lipinski definition) is 3. The van der Waals surface area contributed by atoms with Crippen molar-refractivity contribution in [3.63, 3.8) is 0 Å². The average Bonchev–Trinajstić information content (AvgIpc) is 3.24. The Morgan fingerprint density at radius 2 is 1.90 bits per heavy atom. The summed E-state index contributed by atoms with van der Waals surface area (Å²) >= 11 is 0. The second-order valence-corrected chi connectivity index (χ2v) is 7.09. The van der Waals surface area contributed by atoms with Gasteiger partial charge in [-0.3, -0.25) is 4.90 Å². The molecule has 0 aromatic heterocycles. The van der Waals surface area contributed by atoms with Gasteiger partial charge < -0.3 is 10.1 Å². The first-order valence-electron chi connectivity index (χ1n) is 8.94. The van der Waals surface area contributed by atoms with Crippen molar-refractivity contribution in [1.29, 1.82) is 0 Å². The van der Waals surface area contributed by atoms with Crippen molar-refractivity contribution in [1.82, 2.24) is 10.2 Å². The van der Waals surface area contributed by atoms with Crippen LogP contribution in [0.4, 0.5) is 0 Å². The molecule has 3 aliphatic rings. The highest BCUT2D eigenvalue weighted by molar-refractivity contribution is 4.92. The molecule has 2 saturated carbocycles. The molecular formula is C17H32N2O. The third kappa shape index (κ3) is 3.75. The van der Waals surface area contributed by atoms with Gasteiger partial charge >= 0.3 is 0 Å². The Morgan fingerprint density at radius 1 is 1.10 bits per heavy atom. The number of rotatable bonds is 7. The molecule has 1 spiro atoms. The topological polar surface area (TPSA) is 24.5 Å². The molecule has 0 aromatic rings. The summed E-state index contributed by atoms with van der Waals surface area (Å²) in [6, 6.07) is 0.898. The lowest BCUT2D eigenvalue weighted by atomic mass is 9.83. The van der Waals surface area contributed by atoms with Crippen LogP contribution < -0.4 is 5.32 Å². The Labute approximate surface area is 124 Å². The summed E-state index contributed by atoms with van der Waals surface area (Å²) < 4.78 is 6.41. The number of hydrogen-bond donors (Lipinski definition) is 1. The monoisotopic (exact) mass is 280 g/mol. The van der Waals surface area contributed by atoms with Crippen molar-refractivity contribution in [2.75, 3.05) is 26.2 Å². The highest BCUT2D eigenvalue weighted by atomic mass is 16.5. The van der Waals surface area contributed by atoms with Gasteiger partial charge in [0, 0.05) is 25.7 Å². The third-order valence-corrected chi connectivity index (χ3v) is 5.52. The van der Waals surface area contributed by atoms with Crippen LogP contribution in [0.3, 0.4) is 0 Å². The molecule has 0 amide bonds. The van der Waals surface area contributed by atoms with Gasteiger partial charge in [-0.15, -0.1) is 0 Å². The molecule has 1 aliphatic heterocycles.